The molecule has 90 valence electrons. The van der Waals surface area contributed by atoms with Crippen molar-refractivity contribution in [3.63, 3.8) is 0 Å². The standard InChI is InChI=1S/C13H23N3/c1-10-12(15(4)5)8-11(14(2)3)9-13(10)16(6)7/h8-9H,1-7H3. The monoisotopic (exact) mass is 221 g/mol. The number of rotatable bonds is 3. The van der Waals surface area contributed by atoms with Crippen molar-refractivity contribution in [2.45, 2.75) is 6.92 Å². The predicted octanol–water partition coefficient (Wildman–Crippen LogP) is 2.19. The lowest BCUT2D eigenvalue weighted by atomic mass is 10.1. The molecule has 0 amide bonds. The fourth-order valence-corrected chi connectivity index (χ4v) is 1.86. The molecule has 0 atom stereocenters. The Labute approximate surface area is 99.3 Å². The molecular weight excluding hydrogens is 198 g/mol. The number of anilines is 3. The Morgan fingerprint density at radius 2 is 1.06 bits per heavy atom. The van der Waals surface area contributed by atoms with Gasteiger partial charge in [0.2, 0.25) is 0 Å². The van der Waals surface area contributed by atoms with Gasteiger partial charge in [-0.2, -0.15) is 0 Å². The topological polar surface area (TPSA) is 9.72 Å². The lowest BCUT2D eigenvalue weighted by Gasteiger charge is -2.25. The highest BCUT2D eigenvalue weighted by molar-refractivity contribution is 5.74. The van der Waals surface area contributed by atoms with E-state index in [1.807, 2.05) is 0 Å². The Hall–Kier alpha value is -1.38. The first-order chi connectivity index (χ1) is 7.34. The van der Waals surface area contributed by atoms with Crippen LogP contribution in [0, 0.1) is 6.92 Å². The highest BCUT2D eigenvalue weighted by Gasteiger charge is 2.11. The van der Waals surface area contributed by atoms with Crippen molar-refractivity contribution in [2.75, 3.05) is 57.0 Å². The summed E-state index contributed by atoms with van der Waals surface area (Å²) in [4.78, 5) is 6.46. The highest BCUT2D eigenvalue weighted by atomic mass is 15.1. The predicted molar refractivity (Wildman–Crippen MR) is 74.2 cm³/mol. The molecule has 0 aliphatic rings. The molecule has 3 heteroatoms. The van der Waals surface area contributed by atoms with E-state index < -0.39 is 0 Å². The third-order valence-electron chi connectivity index (χ3n) is 2.82. The van der Waals surface area contributed by atoms with Crippen LogP contribution in [0.3, 0.4) is 0 Å². The first kappa shape index (κ1) is 12.7. The van der Waals surface area contributed by atoms with Gasteiger partial charge in [0.05, 0.1) is 0 Å². The summed E-state index contributed by atoms with van der Waals surface area (Å²) < 4.78 is 0. The maximum Gasteiger partial charge on any atom is 0.0432 e. The Morgan fingerprint density at radius 3 is 1.31 bits per heavy atom. The van der Waals surface area contributed by atoms with Crippen LogP contribution in [0.2, 0.25) is 0 Å². The second-order valence-electron chi connectivity index (χ2n) is 4.79. The minimum absolute atomic E-state index is 1.23. The summed E-state index contributed by atoms with van der Waals surface area (Å²) >= 11 is 0. The van der Waals surface area contributed by atoms with Crippen molar-refractivity contribution >= 4 is 17.1 Å². The van der Waals surface area contributed by atoms with Gasteiger partial charge in [0.1, 0.15) is 0 Å². The molecule has 0 fully saturated rings. The molecule has 0 heterocycles. The van der Waals surface area contributed by atoms with E-state index >= 15 is 0 Å². The summed E-state index contributed by atoms with van der Waals surface area (Å²) in [6, 6.07) is 4.45. The van der Waals surface area contributed by atoms with Crippen LogP contribution < -0.4 is 14.7 Å². The first-order valence-corrected chi connectivity index (χ1v) is 5.51. The van der Waals surface area contributed by atoms with Gasteiger partial charge in [0.15, 0.2) is 0 Å². The molecule has 16 heavy (non-hydrogen) atoms. The van der Waals surface area contributed by atoms with Crippen LogP contribution in [0.25, 0.3) is 0 Å². The molecule has 1 aromatic rings. The average molecular weight is 221 g/mol. The number of nitrogens with zero attached hydrogens (tertiary/aromatic N) is 3. The van der Waals surface area contributed by atoms with E-state index in [2.05, 4.69) is 76.0 Å². The maximum absolute atomic E-state index is 2.22. The SMILES string of the molecule is Cc1c(N(C)C)cc(N(C)C)cc1N(C)C. The molecule has 0 bridgehead atoms. The van der Waals surface area contributed by atoms with Crippen LogP contribution in [0.5, 0.6) is 0 Å². The molecule has 0 aromatic heterocycles. The summed E-state index contributed by atoms with van der Waals surface area (Å²) in [6.45, 7) is 2.17. The third-order valence-corrected chi connectivity index (χ3v) is 2.82. The molecule has 0 N–H and O–H groups in total. The smallest absolute Gasteiger partial charge is 0.0432 e. The van der Waals surface area contributed by atoms with Crippen molar-refractivity contribution in [2.24, 2.45) is 0 Å². The fraction of sp³-hybridized carbons (Fsp3) is 0.538. The zero-order chi connectivity index (χ0) is 12.5. The Balaban J connectivity index is 3.39. The van der Waals surface area contributed by atoms with Gasteiger partial charge in [0.25, 0.3) is 0 Å². The van der Waals surface area contributed by atoms with E-state index in [-0.39, 0.29) is 0 Å². The normalized spacial score (nSPS) is 10.2. The summed E-state index contributed by atoms with van der Waals surface area (Å²) in [7, 11) is 12.5. The van der Waals surface area contributed by atoms with Crippen molar-refractivity contribution in [3.8, 4) is 0 Å². The van der Waals surface area contributed by atoms with Gasteiger partial charge in [0, 0.05) is 59.3 Å². The van der Waals surface area contributed by atoms with E-state index in [1.54, 1.807) is 0 Å². The Bertz CT molecular complexity index is 338. The van der Waals surface area contributed by atoms with Crippen LogP contribution in [-0.2, 0) is 0 Å². The third kappa shape index (κ3) is 2.40. The van der Waals surface area contributed by atoms with Gasteiger partial charge < -0.3 is 14.7 Å². The van der Waals surface area contributed by atoms with Gasteiger partial charge in [-0.25, -0.2) is 0 Å². The van der Waals surface area contributed by atoms with E-state index in [4.69, 9.17) is 0 Å². The van der Waals surface area contributed by atoms with Crippen LogP contribution in [0.1, 0.15) is 5.56 Å². The van der Waals surface area contributed by atoms with Crippen molar-refractivity contribution in [3.05, 3.63) is 17.7 Å². The molecule has 0 saturated carbocycles. The van der Waals surface area contributed by atoms with Gasteiger partial charge in [-0.1, -0.05) is 0 Å². The van der Waals surface area contributed by atoms with Gasteiger partial charge in [-0.3, -0.25) is 0 Å². The molecule has 1 aromatic carbocycles. The molecule has 0 spiro atoms. The van der Waals surface area contributed by atoms with Crippen LogP contribution in [0.15, 0.2) is 12.1 Å². The summed E-state index contributed by atoms with van der Waals surface area (Å²) in [5.41, 5.74) is 5.10. The molecule has 0 aliphatic heterocycles. The van der Waals surface area contributed by atoms with E-state index in [0.717, 1.165) is 0 Å². The Kier molecular flexibility index (Phi) is 3.68. The largest absolute Gasteiger partial charge is 0.378 e. The summed E-state index contributed by atoms with van der Waals surface area (Å²) in [5.74, 6) is 0. The summed E-state index contributed by atoms with van der Waals surface area (Å²) in [6.07, 6.45) is 0. The van der Waals surface area contributed by atoms with Crippen LogP contribution >= 0.6 is 0 Å². The zero-order valence-electron chi connectivity index (χ0n) is 11.5. The average Bonchev–Trinajstić information content (AvgIpc) is 2.16. The van der Waals surface area contributed by atoms with Gasteiger partial charge in [-0.05, 0) is 24.6 Å². The second-order valence-corrected chi connectivity index (χ2v) is 4.79. The molecule has 0 saturated heterocycles. The molecule has 3 nitrogen and oxygen atoms in total. The molecule has 0 unspecified atom stereocenters. The lowest BCUT2D eigenvalue weighted by Crippen LogP contribution is -2.17. The van der Waals surface area contributed by atoms with Crippen molar-refractivity contribution < 1.29 is 0 Å². The van der Waals surface area contributed by atoms with Gasteiger partial charge in [-0.15, -0.1) is 0 Å². The Morgan fingerprint density at radius 1 is 0.688 bits per heavy atom. The van der Waals surface area contributed by atoms with Gasteiger partial charge >= 0.3 is 0 Å². The minimum atomic E-state index is 1.23. The molecule has 1 rings (SSSR count). The number of benzene rings is 1. The maximum atomic E-state index is 2.22. The number of hydrogen-bond donors (Lipinski definition) is 0. The zero-order valence-corrected chi connectivity index (χ0v) is 11.5. The van der Waals surface area contributed by atoms with Crippen molar-refractivity contribution in [1.29, 1.82) is 0 Å². The first-order valence-electron chi connectivity index (χ1n) is 5.51. The van der Waals surface area contributed by atoms with Crippen molar-refractivity contribution in [1.82, 2.24) is 0 Å². The molecule has 0 radical (unpaired) electrons. The van der Waals surface area contributed by atoms with E-state index in [0.29, 0.717) is 0 Å². The number of hydrogen-bond acceptors (Lipinski definition) is 3. The fourth-order valence-electron chi connectivity index (χ4n) is 1.86. The molecule has 0 aliphatic carbocycles. The minimum Gasteiger partial charge on any atom is -0.378 e. The van der Waals surface area contributed by atoms with Crippen LogP contribution in [-0.4, -0.2) is 42.3 Å². The molecular formula is C13H23N3. The summed E-state index contributed by atoms with van der Waals surface area (Å²) in [5, 5.41) is 0. The van der Waals surface area contributed by atoms with E-state index in [1.165, 1.54) is 22.6 Å². The second kappa shape index (κ2) is 4.64. The quantitative estimate of drug-likeness (QED) is 0.774. The van der Waals surface area contributed by atoms with Crippen LogP contribution in [0.4, 0.5) is 17.1 Å². The lowest BCUT2D eigenvalue weighted by molar-refractivity contribution is 1.06. The van der Waals surface area contributed by atoms with E-state index in [9.17, 15) is 0 Å². The highest BCUT2D eigenvalue weighted by Crippen LogP contribution is 2.32.